The number of hydrogen-bond donors (Lipinski definition) is 1. The lowest BCUT2D eigenvalue weighted by molar-refractivity contribution is -0.139. The molecule has 0 spiro atoms. The molecule has 0 unspecified atom stereocenters. The van der Waals surface area contributed by atoms with E-state index in [1.54, 1.807) is 74.7 Å². The van der Waals surface area contributed by atoms with Crippen LogP contribution in [-0.2, 0) is 26.2 Å². The molecule has 3 rings (SSSR count). The van der Waals surface area contributed by atoms with Gasteiger partial charge in [0.15, 0.2) is 0 Å². The number of sulfonamides is 1. The zero-order chi connectivity index (χ0) is 30.2. The number of aryl methyl sites for hydroxylation is 1. The van der Waals surface area contributed by atoms with E-state index in [0.29, 0.717) is 11.5 Å². The molecule has 0 saturated heterocycles. The quantitative estimate of drug-likeness (QED) is 0.318. The van der Waals surface area contributed by atoms with Gasteiger partial charge < -0.3 is 19.7 Å². The highest BCUT2D eigenvalue weighted by atomic mass is 32.2. The summed E-state index contributed by atoms with van der Waals surface area (Å²) in [6.07, 6.45) is 0.725. The Morgan fingerprint density at radius 1 is 0.902 bits per heavy atom. The summed E-state index contributed by atoms with van der Waals surface area (Å²) in [6, 6.07) is 19.2. The van der Waals surface area contributed by atoms with Crippen molar-refractivity contribution in [1.29, 1.82) is 0 Å². The SMILES string of the molecule is CC[C@@H](C)NC(=O)[C@@H](C)N(Cc1ccc(OC)cc1)C(=O)CN(c1cccc(OC)c1)S(=O)(=O)c1ccc(C)cc1. The number of methoxy groups -OCH3 is 2. The molecule has 0 aliphatic rings. The molecule has 0 radical (unpaired) electrons. The number of carbonyl (C=O) groups excluding carboxylic acids is 2. The predicted octanol–water partition coefficient (Wildman–Crippen LogP) is 4.54. The topological polar surface area (TPSA) is 105 Å². The molecule has 9 nitrogen and oxygen atoms in total. The first-order chi connectivity index (χ1) is 19.5. The lowest BCUT2D eigenvalue weighted by atomic mass is 10.1. The van der Waals surface area contributed by atoms with Gasteiger partial charge in [-0.1, -0.05) is 42.8 Å². The van der Waals surface area contributed by atoms with Gasteiger partial charge in [-0.3, -0.25) is 13.9 Å². The molecule has 0 aromatic heterocycles. The molecular formula is C31H39N3O6S. The molecular weight excluding hydrogens is 542 g/mol. The number of nitrogens with one attached hydrogen (secondary N) is 1. The minimum Gasteiger partial charge on any atom is -0.497 e. The largest absolute Gasteiger partial charge is 0.497 e. The van der Waals surface area contributed by atoms with Gasteiger partial charge in [0, 0.05) is 18.7 Å². The third-order valence-corrected chi connectivity index (χ3v) is 8.70. The van der Waals surface area contributed by atoms with Crippen LogP contribution in [0.1, 0.15) is 38.3 Å². The molecule has 0 saturated carbocycles. The fourth-order valence-electron chi connectivity index (χ4n) is 4.11. The van der Waals surface area contributed by atoms with Crippen LogP contribution in [-0.4, -0.2) is 58.0 Å². The summed E-state index contributed by atoms with van der Waals surface area (Å²) in [5.74, 6) is 0.236. The van der Waals surface area contributed by atoms with Crippen LogP contribution in [0.4, 0.5) is 5.69 Å². The van der Waals surface area contributed by atoms with E-state index in [-0.39, 0.29) is 29.1 Å². The van der Waals surface area contributed by atoms with E-state index in [9.17, 15) is 18.0 Å². The van der Waals surface area contributed by atoms with Crippen molar-refractivity contribution in [2.45, 2.75) is 57.6 Å². The molecule has 0 aliphatic heterocycles. The van der Waals surface area contributed by atoms with E-state index >= 15 is 0 Å². The van der Waals surface area contributed by atoms with E-state index in [1.165, 1.54) is 24.1 Å². The summed E-state index contributed by atoms with van der Waals surface area (Å²) >= 11 is 0. The first-order valence-electron chi connectivity index (χ1n) is 13.5. The van der Waals surface area contributed by atoms with Gasteiger partial charge in [-0.2, -0.15) is 0 Å². The molecule has 220 valence electrons. The number of hydrogen-bond acceptors (Lipinski definition) is 6. The molecule has 3 aromatic rings. The molecule has 2 atom stereocenters. The maximum atomic E-state index is 14.0. The van der Waals surface area contributed by atoms with Crippen LogP contribution >= 0.6 is 0 Å². The van der Waals surface area contributed by atoms with Crippen molar-refractivity contribution in [3.63, 3.8) is 0 Å². The number of carbonyl (C=O) groups is 2. The van der Waals surface area contributed by atoms with Gasteiger partial charge in [-0.25, -0.2) is 8.42 Å². The molecule has 0 bridgehead atoms. The highest BCUT2D eigenvalue weighted by molar-refractivity contribution is 7.92. The van der Waals surface area contributed by atoms with Gasteiger partial charge in [-0.05, 0) is 69.2 Å². The number of ether oxygens (including phenoxy) is 2. The van der Waals surface area contributed by atoms with E-state index < -0.39 is 28.5 Å². The van der Waals surface area contributed by atoms with Crippen molar-refractivity contribution in [1.82, 2.24) is 10.2 Å². The number of anilines is 1. The Bertz CT molecular complexity index is 1420. The van der Waals surface area contributed by atoms with Crippen molar-refractivity contribution in [2.75, 3.05) is 25.1 Å². The summed E-state index contributed by atoms with van der Waals surface area (Å²) in [5.41, 5.74) is 1.93. The Morgan fingerprint density at radius 2 is 1.54 bits per heavy atom. The molecule has 10 heteroatoms. The number of benzene rings is 3. The first kappa shape index (κ1) is 31.5. The first-order valence-corrected chi connectivity index (χ1v) is 14.9. The van der Waals surface area contributed by atoms with Gasteiger partial charge in [0.1, 0.15) is 24.1 Å². The van der Waals surface area contributed by atoms with Crippen molar-refractivity contribution >= 4 is 27.5 Å². The van der Waals surface area contributed by atoms with Crippen LogP contribution in [0, 0.1) is 6.92 Å². The van der Waals surface area contributed by atoms with Crippen LogP contribution < -0.4 is 19.1 Å². The smallest absolute Gasteiger partial charge is 0.264 e. The summed E-state index contributed by atoms with van der Waals surface area (Å²) in [5, 5.41) is 2.93. The Morgan fingerprint density at radius 3 is 2.12 bits per heavy atom. The zero-order valence-corrected chi connectivity index (χ0v) is 25.3. The lowest BCUT2D eigenvalue weighted by Crippen LogP contribution is -2.52. The van der Waals surface area contributed by atoms with Crippen LogP contribution in [0.25, 0.3) is 0 Å². The number of rotatable bonds is 13. The second-order valence-electron chi connectivity index (χ2n) is 9.89. The van der Waals surface area contributed by atoms with Crippen LogP contribution in [0.3, 0.4) is 0 Å². The van der Waals surface area contributed by atoms with Crippen LogP contribution in [0.5, 0.6) is 11.5 Å². The molecule has 0 fully saturated rings. The van der Waals surface area contributed by atoms with E-state index in [2.05, 4.69) is 5.32 Å². The molecule has 0 aliphatic carbocycles. The molecule has 3 aromatic carbocycles. The van der Waals surface area contributed by atoms with E-state index in [0.717, 1.165) is 21.9 Å². The van der Waals surface area contributed by atoms with Crippen molar-refractivity contribution in [3.8, 4) is 11.5 Å². The summed E-state index contributed by atoms with van der Waals surface area (Å²) < 4.78 is 39.5. The van der Waals surface area contributed by atoms with Crippen molar-refractivity contribution < 1.29 is 27.5 Å². The number of amides is 2. The Hall–Kier alpha value is -4.05. The summed E-state index contributed by atoms with van der Waals surface area (Å²) in [7, 11) is -1.12. The fourth-order valence-corrected chi connectivity index (χ4v) is 5.51. The average molecular weight is 582 g/mol. The Labute approximate surface area is 243 Å². The second kappa shape index (κ2) is 14.0. The predicted molar refractivity (Wildman–Crippen MR) is 160 cm³/mol. The number of nitrogens with zero attached hydrogens (tertiary/aromatic N) is 2. The van der Waals surface area contributed by atoms with Gasteiger partial charge in [0.25, 0.3) is 10.0 Å². The average Bonchev–Trinajstić information content (AvgIpc) is 2.98. The van der Waals surface area contributed by atoms with Crippen molar-refractivity contribution in [3.05, 3.63) is 83.9 Å². The maximum Gasteiger partial charge on any atom is 0.264 e. The van der Waals surface area contributed by atoms with Gasteiger partial charge >= 0.3 is 0 Å². The van der Waals surface area contributed by atoms with Crippen molar-refractivity contribution in [2.24, 2.45) is 0 Å². The lowest BCUT2D eigenvalue weighted by Gasteiger charge is -2.32. The standard InChI is InChI=1S/C31H39N3O6S/c1-7-23(3)32-31(36)24(4)33(20-25-13-15-27(39-5)16-14-25)30(35)21-34(26-9-8-10-28(19-26)40-6)41(37,38)29-17-11-22(2)12-18-29/h8-19,23-24H,7,20-21H2,1-6H3,(H,32,36)/t23-,24-/m1/s1. The summed E-state index contributed by atoms with van der Waals surface area (Å²) in [6.45, 7) is 6.91. The zero-order valence-electron chi connectivity index (χ0n) is 24.5. The normalized spacial score (nSPS) is 12.6. The Kier molecular flexibility index (Phi) is 10.8. The minimum atomic E-state index is -4.16. The molecule has 0 heterocycles. The highest BCUT2D eigenvalue weighted by Crippen LogP contribution is 2.28. The fraction of sp³-hybridized carbons (Fsp3) is 0.355. The van der Waals surface area contributed by atoms with E-state index in [1.807, 2.05) is 20.8 Å². The van der Waals surface area contributed by atoms with E-state index in [4.69, 9.17) is 9.47 Å². The molecule has 1 N–H and O–H groups in total. The highest BCUT2D eigenvalue weighted by Gasteiger charge is 2.33. The molecule has 2 amide bonds. The third-order valence-electron chi connectivity index (χ3n) is 6.91. The summed E-state index contributed by atoms with van der Waals surface area (Å²) in [4.78, 5) is 28.6. The van der Waals surface area contributed by atoms with Crippen LogP contribution in [0.2, 0.25) is 0 Å². The Balaban J connectivity index is 2.04. The maximum absolute atomic E-state index is 14.0. The van der Waals surface area contributed by atoms with Crippen LogP contribution in [0.15, 0.2) is 77.7 Å². The third kappa shape index (κ3) is 8.00. The monoisotopic (exact) mass is 581 g/mol. The van der Waals surface area contributed by atoms with Gasteiger partial charge in [0.05, 0.1) is 24.8 Å². The van der Waals surface area contributed by atoms with Gasteiger partial charge in [-0.15, -0.1) is 0 Å². The molecule has 41 heavy (non-hydrogen) atoms. The minimum absolute atomic E-state index is 0.0444. The second-order valence-corrected chi connectivity index (χ2v) is 11.8. The van der Waals surface area contributed by atoms with Gasteiger partial charge in [0.2, 0.25) is 11.8 Å².